The highest BCUT2D eigenvalue weighted by atomic mass is 32.2. The molecule has 1 aliphatic rings. The maximum Gasteiger partial charge on any atom is 0.228 e. The molecule has 3 aromatic rings. The van der Waals surface area contributed by atoms with Crippen LogP contribution < -0.4 is 5.32 Å². The molecule has 1 saturated carbocycles. The lowest BCUT2D eigenvalue weighted by Crippen LogP contribution is -2.22. The maximum atomic E-state index is 12.4. The number of nitrogens with one attached hydrogen (secondary N) is 2. The third-order valence-corrected chi connectivity index (χ3v) is 5.84. The second-order valence-electron chi connectivity index (χ2n) is 6.91. The molecule has 1 fully saturated rings. The van der Waals surface area contributed by atoms with Gasteiger partial charge in [0, 0.05) is 33.7 Å². The minimum atomic E-state index is -0.0796. The summed E-state index contributed by atoms with van der Waals surface area (Å²) in [7, 11) is 0. The average Bonchev–Trinajstić information content (AvgIpc) is 3.44. The quantitative estimate of drug-likeness (QED) is 0.584. The van der Waals surface area contributed by atoms with Crippen LogP contribution in [0.15, 0.2) is 59.5 Å². The Hall–Kier alpha value is -2.60. The average molecular weight is 379 g/mol. The van der Waals surface area contributed by atoms with Crippen molar-refractivity contribution in [3.8, 4) is 11.4 Å². The van der Waals surface area contributed by atoms with Crippen molar-refractivity contribution in [2.75, 3.05) is 11.1 Å². The van der Waals surface area contributed by atoms with E-state index in [4.69, 9.17) is 0 Å². The zero-order chi connectivity index (χ0) is 18.6. The Kier molecular flexibility index (Phi) is 5.25. The summed E-state index contributed by atoms with van der Waals surface area (Å²) in [6.07, 6.45) is 2.39. The summed E-state index contributed by atoms with van der Waals surface area (Å²) in [5.74, 6) is 2.94. The van der Waals surface area contributed by atoms with E-state index in [1.165, 1.54) is 17.7 Å². The predicted octanol–water partition coefficient (Wildman–Crippen LogP) is 4.72. The highest BCUT2D eigenvalue weighted by molar-refractivity contribution is 7.99. The number of aromatic amines is 1. The Bertz CT molecular complexity index is 903. The number of anilines is 1. The Morgan fingerprint density at radius 3 is 2.63 bits per heavy atom. The van der Waals surface area contributed by atoms with Crippen LogP contribution in [0.25, 0.3) is 11.4 Å². The molecule has 0 spiro atoms. The van der Waals surface area contributed by atoms with Crippen LogP contribution >= 0.6 is 11.8 Å². The molecular formula is C21H22N4OS. The van der Waals surface area contributed by atoms with Crippen LogP contribution in [0.3, 0.4) is 0 Å². The molecule has 1 aromatic heterocycles. The van der Waals surface area contributed by atoms with Gasteiger partial charge in [0.2, 0.25) is 5.91 Å². The van der Waals surface area contributed by atoms with Crippen molar-refractivity contribution in [1.82, 2.24) is 15.2 Å². The van der Waals surface area contributed by atoms with Crippen molar-refractivity contribution >= 4 is 23.4 Å². The fourth-order valence-corrected chi connectivity index (χ4v) is 3.67. The number of aromatic nitrogens is 3. The van der Waals surface area contributed by atoms with Gasteiger partial charge in [0.1, 0.15) is 5.82 Å². The van der Waals surface area contributed by atoms with Gasteiger partial charge in [-0.25, -0.2) is 4.98 Å². The first-order chi connectivity index (χ1) is 13.2. The lowest BCUT2D eigenvalue weighted by molar-refractivity contribution is -0.118. The molecule has 0 radical (unpaired) electrons. The fraction of sp³-hybridized carbons (Fsp3) is 0.286. The van der Waals surface area contributed by atoms with E-state index in [1.807, 2.05) is 49.4 Å². The number of H-pyrrole nitrogens is 1. The number of nitrogens with zero attached hydrogens (tertiary/aromatic N) is 2. The van der Waals surface area contributed by atoms with E-state index in [9.17, 15) is 4.79 Å². The summed E-state index contributed by atoms with van der Waals surface area (Å²) in [5, 5.41) is 10.3. The highest BCUT2D eigenvalue weighted by Crippen LogP contribution is 2.38. The number of hydrogen-bond acceptors (Lipinski definition) is 4. The fourth-order valence-electron chi connectivity index (χ4n) is 2.72. The Morgan fingerprint density at radius 1 is 1.19 bits per heavy atom. The van der Waals surface area contributed by atoms with Gasteiger partial charge < -0.3 is 5.32 Å². The van der Waals surface area contributed by atoms with Gasteiger partial charge >= 0.3 is 0 Å². The first-order valence-corrected chi connectivity index (χ1v) is 10.2. The number of rotatable bonds is 7. The Labute approximate surface area is 163 Å². The molecule has 5 nitrogen and oxygen atoms in total. The van der Waals surface area contributed by atoms with E-state index in [1.54, 1.807) is 11.8 Å². The topological polar surface area (TPSA) is 70.7 Å². The molecule has 27 heavy (non-hydrogen) atoms. The summed E-state index contributed by atoms with van der Waals surface area (Å²) < 4.78 is 0. The van der Waals surface area contributed by atoms with Crippen molar-refractivity contribution in [1.29, 1.82) is 0 Å². The van der Waals surface area contributed by atoms with E-state index in [0.717, 1.165) is 22.8 Å². The monoisotopic (exact) mass is 378 g/mol. The zero-order valence-electron chi connectivity index (χ0n) is 15.2. The van der Waals surface area contributed by atoms with Crippen LogP contribution in [0.1, 0.15) is 31.5 Å². The van der Waals surface area contributed by atoms with Crippen LogP contribution in [0.5, 0.6) is 0 Å². The second-order valence-corrected chi connectivity index (χ2v) is 8.00. The molecule has 2 aromatic carbocycles. The van der Waals surface area contributed by atoms with Gasteiger partial charge in [0.25, 0.3) is 0 Å². The molecule has 4 rings (SSSR count). The van der Waals surface area contributed by atoms with Gasteiger partial charge in [-0.3, -0.25) is 9.89 Å². The number of thioether (sulfide) groups is 1. The number of hydrogen-bond donors (Lipinski definition) is 2. The number of carbonyl (C=O) groups excluding carboxylic acids is 1. The molecule has 0 aliphatic heterocycles. The third kappa shape index (κ3) is 4.57. The Morgan fingerprint density at radius 2 is 1.93 bits per heavy atom. The summed E-state index contributed by atoms with van der Waals surface area (Å²) >= 11 is 1.70. The highest BCUT2D eigenvalue weighted by Gasteiger charge is 2.27. The SMILES string of the molecule is CC(CSc1ccccc1)C(=O)Nc1ccc(-c2n[nH]c(C3CC3)n2)cc1. The van der Waals surface area contributed by atoms with Gasteiger partial charge in [0.15, 0.2) is 5.82 Å². The molecule has 1 heterocycles. The molecule has 138 valence electrons. The van der Waals surface area contributed by atoms with E-state index in [0.29, 0.717) is 11.7 Å². The molecule has 1 amide bonds. The lowest BCUT2D eigenvalue weighted by Gasteiger charge is -2.12. The van der Waals surface area contributed by atoms with Gasteiger partial charge in [-0.1, -0.05) is 25.1 Å². The molecule has 1 aliphatic carbocycles. The van der Waals surface area contributed by atoms with E-state index in [-0.39, 0.29) is 11.8 Å². The van der Waals surface area contributed by atoms with Crippen LogP contribution in [-0.4, -0.2) is 26.8 Å². The summed E-state index contributed by atoms with van der Waals surface area (Å²) in [6, 6.07) is 17.8. The minimum Gasteiger partial charge on any atom is -0.326 e. The molecular weight excluding hydrogens is 356 g/mol. The largest absolute Gasteiger partial charge is 0.326 e. The molecule has 0 bridgehead atoms. The summed E-state index contributed by atoms with van der Waals surface area (Å²) in [4.78, 5) is 18.2. The first kappa shape index (κ1) is 17.8. The lowest BCUT2D eigenvalue weighted by atomic mass is 10.1. The van der Waals surface area contributed by atoms with E-state index >= 15 is 0 Å². The predicted molar refractivity (Wildman–Crippen MR) is 109 cm³/mol. The van der Waals surface area contributed by atoms with Crippen LogP contribution in [-0.2, 0) is 4.79 Å². The van der Waals surface area contributed by atoms with Crippen molar-refractivity contribution in [3.63, 3.8) is 0 Å². The maximum absolute atomic E-state index is 12.4. The second kappa shape index (κ2) is 7.96. The van der Waals surface area contributed by atoms with Crippen LogP contribution in [0.2, 0.25) is 0 Å². The molecule has 6 heteroatoms. The van der Waals surface area contributed by atoms with Gasteiger partial charge in [-0.05, 0) is 49.2 Å². The van der Waals surface area contributed by atoms with Gasteiger partial charge in [-0.15, -0.1) is 11.8 Å². The van der Waals surface area contributed by atoms with Crippen LogP contribution in [0.4, 0.5) is 5.69 Å². The molecule has 1 atom stereocenters. The first-order valence-electron chi connectivity index (χ1n) is 9.20. The molecule has 1 unspecified atom stereocenters. The third-order valence-electron chi connectivity index (χ3n) is 4.57. The minimum absolute atomic E-state index is 0.0279. The van der Waals surface area contributed by atoms with Gasteiger partial charge in [-0.2, -0.15) is 5.10 Å². The molecule has 0 saturated heterocycles. The van der Waals surface area contributed by atoms with Gasteiger partial charge in [0.05, 0.1) is 0 Å². The van der Waals surface area contributed by atoms with Crippen molar-refractivity contribution in [2.24, 2.45) is 5.92 Å². The van der Waals surface area contributed by atoms with Crippen molar-refractivity contribution < 1.29 is 4.79 Å². The van der Waals surface area contributed by atoms with E-state index < -0.39 is 0 Å². The standard InChI is InChI=1S/C21H22N4OS/c1-14(13-27-18-5-3-2-4-6-18)21(26)22-17-11-9-16(10-12-17)20-23-19(24-25-20)15-7-8-15/h2-6,9-12,14-15H,7-8,13H2,1H3,(H,22,26)(H,23,24,25). The Balaban J connectivity index is 1.32. The summed E-state index contributed by atoms with van der Waals surface area (Å²) in [5.41, 5.74) is 1.74. The zero-order valence-corrected chi connectivity index (χ0v) is 16.0. The number of carbonyl (C=O) groups is 1. The smallest absolute Gasteiger partial charge is 0.228 e. The summed E-state index contributed by atoms with van der Waals surface area (Å²) in [6.45, 7) is 1.95. The van der Waals surface area contributed by atoms with Crippen molar-refractivity contribution in [2.45, 2.75) is 30.6 Å². The number of benzene rings is 2. The van der Waals surface area contributed by atoms with Crippen molar-refractivity contribution in [3.05, 3.63) is 60.4 Å². The molecule has 2 N–H and O–H groups in total. The van der Waals surface area contributed by atoms with Crippen LogP contribution in [0, 0.1) is 5.92 Å². The van der Waals surface area contributed by atoms with E-state index in [2.05, 4.69) is 32.6 Å². The number of amides is 1. The normalized spacial score (nSPS) is 14.7.